The molecule has 2 aromatic rings. The van der Waals surface area contributed by atoms with E-state index in [4.69, 9.17) is 9.56 Å². The summed E-state index contributed by atoms with van der Waals surface area (Å²) in [5, 5.41) is 5.31. The molecule has 2 N–H and O–H groups in total. The highest BCUT2D eigenvalue weighted by atomic mass is 32.2. The number of sulfonamides is 1. The Balaban J connectivity index is 1.83. The number of nitrogens with zero attached hydrogens (tertiary/aromatic N) is 2. The van der Waals surface area contributed by atoms with Crippen LogP contribution in [0.1, 0.15) is 59.1 Å². The molecule has 3 rings (SSSR count). The number of aromatic nitrogens is 1. The summed E-state index contributed by atoms with van der Waals surface area (Å²) in [4.78, 5) is 19.2. The van der Waals surface area contributed by atoms with Crippen molar-refractivity contribution in [1.29, 1.82) is 0 Å². The third-order valence-corrected chi connectivity index (χ3v) is 6.20. The SMILES string of the molecule is Cc1cc(C(=O)N2CCc3oc(CCC(C)C)nc3C2)cc(S(N)(=O)=O)c1C. The second-order valence-corrected chi connectivity index (χ2v) is 9.38. The second kappa shape index (κ2) is 7.67. The van der Waals surface area contributed by atoms with Crippen molar-refractivity contribution in [3.05, 3.63) is 46.2 Å². The third kappa shape index (κ3) is 4.28. The van der Waals surface area contributed by atoms with E-state index in [1.807, 2.05) is 0 Å². The maximum Gasteiger partial charge on any atom is 0.254 e. The molecule has 2 heterocycles. The van der Waals surface area contributed by atoms with Crippen molar-refractivity contribution in [2.24, 2.45) is 11.1 Å². The van der Waals surface area contributed by atoms with E-state index < -0.39 is 10.0 Å². The molecule has 0 bridgehead atoms. The van der Waals surface area contributed by atoms with Crippen molar-refractivity contribution in [1.82, 2.24) is 9.88 Å². The summed E-state index contributed by atoms with van der Waals surface area (Å²) in [6.45, 7) is 8.63. The molecule has 152 valence electrons. The van der Waals surface area contributed by atoms with E-state index in [1.54, 1.807) is 24.8 Å². The van der Waals surface area contributed by atoms with Crippen LogP contribution in [0.4, 0.5) is 0 Å². The number of nitrogens with two attached hydrogens (primary N) is 1. The van der Waals surface area contributed by atoms with E-state index >= 15 is 0 Å². The maximum absolute atomic E-state index is 13.0. The predicted molar refractivity (Wildman–Crippen MR) is 105 cm³/mol. The fraction of sp³-hybridized carbons (Fsp3) is 0.500. The first-order valence-electron chi connectivity index (χ1n) is 9.47. The van der Waals surface area contributed by atoms with Crippen LogP contribution in [0.25, 0.3) is 0 Å². The molecule has 0 saturated carbocycles. The van der Waals surface area contributed by atoms with Crippen molar-refractivity contribution in [3.63, 3.8) is 0 Å². The van der Waals surface area contributed by atoms with Gasteiger partial charge in [-0.05, 0) is 49.4 Å². The lowest BCUT2D eigenvalue weighted by Crippen LogP contribution is -2.36. The molecule has 0 unspecified atom stereocenters. The average Bonchev–Trinajstić information content (AvgIpc) is 3.02. The molecule has 1 aromatic carbocycles. The van der Waals surface area contributed by atoms with Crippen molar-refractivity contribution >= 4 is 15.9 Å². The number of aryl methyl sites for hydroxylation is 2. The number of oxazole rings is 1. The maximum atomic E-state index is 13.0. The molecule has 1 amide bonds. The summed E-state index contributed by atoms with van der Waals surface area (Å²) in [6.07, 6.45) is 2.39. The number of amides is 1. The van der Waals surface area contributed by atoms with Gasteiger partial charge in [0.15, 0.2) is 5.89 Å². The highest BCUT2D eigenvalue weighted by molar-refractivity contribution is 7.89. The largest absolute Gasteiger partial charge is 0.445 e. The lowest BCUT2D eigenvalue weighted by molar-refractivity contribution is 0.0727. The topological polar surface area (TPSA) is 106 Å². The molecule has 0 atom stereocenters. The zero-order valence-electron chi connectivity index (χ0n) is 16.8. The molecular weight excluding hydrogens is 378 g/mol. The molecule has 1 aromatic heterocycles. The summed E-state index contributed by atoms with van der Waals surface area (Å²) < 4.78 is 29.6. The smallest absolute Gasteiger partial charge is 0.254 e. The van der Waals surface area contributed by atoms with Crippen molar-refractivity contribution in [2.45, 2.75) is 58.4 Å². The Morgan fingerprint density at radius 2 is 2.04 bits per heavy atom. The van der Waals surface area contributed by atoms with Crippen LogP contribution in [0.15, 0.2) is 21.4 Å². The molecule has 7 nitrogen and oxygen atoms in total. The van der Waals surface area contributed by atoms with Gasteiger partial charge in [0.2, 0.25) is 10.0 Å². The summed E-state index contributed by atoms with van der Waals surface area (Å²) >= 11 is 0. The van der Waals surface area contributed by atoms with Gasteiger partial charge in [0.1, 0.15) is 11.5 Å². The van der Waals surface area contributed by atoms with E-state index in [0.29, 0.717) is 42.1 Å². The average molecular weight is 406 g/mol. The minimum absolute atomic E-state index is 0.00837. The molecule has 1 aliphatic heterocycles. The van der Waals surface area contributed by atoms with Gasteiger partial charge in [-0.25, -0.2) is 18.5 Å². The van der Waals surface area contributed by atoms with Gasteiger partial charge in [0, 0.05) is 24.9 Å². The van der Waals surface area contributed by atoms with Gasteiger partial charge in [-0.3, -0.25) is 4.79 Å². The highest BCUT2D eigenvalue weighted by Gasteiger charge is 2.27. The van der Waals surface area contributed by atoms with Crippen LogP contribution in [0.2, 0.25) is 0 Å². The minimum atomic E-state index is -3.90. The van der Waals surface area contributed by atoms with Crippen LogP contribution >= 0.6 is 0 Å². The highest BCUT2D eigenvalue weighted by Crippen LogP contribution is 2.25. The van der Waals surface area contributed by atoms with Gasteiger partial charge >= 0.3 is 0 Å². The van der Waals surface area contributed by atoms with E-state index in [0.717, 1.165) is 30.2 Å². The van der Waals surface area contributed by atoms with Gasteiger partial charge in [-0.15, -0.1) is 0 Å². The molecular formula is C20H27N3O4S. The zero-order chi connectivity index (χ0) is 20.6. The number of rotatable bonds is 5. The lowest BCUT2D eigenvalue weighted by atomic mass is 10.0. The first-order valence-corrected chi connectivity index (χ1v) is 11.0. The minimum Gasteiger partial charge on any atom is -0.445 e. The monoisotopic (exact) mass is 405 g/mol. The molecule has 28 heavy (non-hydrogen) atoms. The van der Waals surface area contributed by atoms with E-state index in [-0.39, 0.29) is 10.8 Å². The Morgan fingerprint density at radius 1 is 1.32 bits per heavy atom. The van der Waals surface area contributed by atoms with Crippen molar-refractivity contribution in [2.75, 3.05) is 6.54 Å². The Kier molecular flexibility index (Phi) is 5.63. The van der Waals surface area contributed by atoms with Gasteiger partial charge in [0.25, 0.3) is 5.91 Å². The van der Waals surface area contributed by atoms with Crippen molar-refractivity contribution in [3.8, 4) is 0 Å². The quantitative estimate of drug-likeness (QED) is 0.823. The summed E-state index contributed by atoms with van der Waals surface area (Å²) in [5.41, 5.74) is 2.38. The van der Waals surface area contributed by atoms with Gasteiger partial charge in [-0.1, -0.05) is 13.8 Å². The van der Waals surface area contributed by atoms with E-state index in [9.17, 15) is 13.2 Å². The lowest BCUT2D eigenvalue weighted by Gasteiger charge is -2.26. The molecule has 0 radical (unpaired) electrons. The predicted octanol–water partition coefficient (Wildman–Crippen LogP) is 2.73. The molecule has 0 saturated heterocycles. The summed E-state index contributed by atoms with van der Waals surface area (Å²) in [6, 6.07) is 3.07. The molecule has 0 spiro atoms. The summed E-state index contributed by atoms with van der Waals surface area (Å²) in [5.74, 6) is 1.90. The van der Waals surface area contributed by atoms with Crippen LogP contribution in [0, 0.1) is 19.8 Å². The number of benzene rings is 1. The van der Waals surface area contributed by atoms with Gasteiger partial charge in [-0.2, -0.15) is 0 Å². The van der Waals surface area contributed by atoms with Crippen LogP contribution in [-0.4, -0.2) is 30.8 Å². The second-order valence-electron chi connectivity index (χ2n) is 7.85. The number of carbonyl (C=O) groups excluding carboxylic acids is 1. The van der Waals surface area contributed by atoms with Crippen molar-refractivity contribution < 1.29 is 17.6 Å². The molecule has 0 fully saturated rings. The zero-order valence-corrected chi connectivity index (χ0v) is 17.6. The van der Waals surface area contributed by atoms with E-state index in [1.165, 1.54) is 6.07 Å². The number of hydrogen-bond acceptors (Lipinski definition) is 5. The number of hydrogen-bond donors (Lipinski definition) is 1. The summed E-state index contributed by atoms with van der Waals surface area (Å²) in [7, 11) is -3.90. The first kappa shape index (κ1) is 20.5. The molecule has 0 aliphatic carbocycles. The van der Waals surface area contributed by atoms with Crippen LogP contribution in [0.3, 0.4) is 0 Å². The standard InChI is InChI=1S/C20H27N3O4S/c1-12(2)5-6-19-22-16-11-23(8-7-17(16)27-19)20(24)15-9-13(3)14(4)18(10-15)28(21,25)26/h9-10,12H,5-8,11H2,1-4H3,(H2,21,25,26). The Labute approximate surface area is 166 Å². The van der Waals surface area contributed by atoms with Crippen LogP contribution < -0.4 is 5.14 Å². The van der Waals surface area contributed by atoms with Crippen LogP contribution in [0.5, 0.6) is 0 Å². The first-order chi connectivity index (χ1) is 13.1. The van der Waals surface area contributed by atoms with Gasteiger partial charge < -0.3 is 9.32 Å². The van der Waals surface area contributed by atoms with Gasteiger partial charge in [0.05, 0.1) is 11.4 Å². The van der Waals surface area contributed by atoms with Crippen LogP contribution in [-0.2, 0) is 29.4 Å². The fourth-order valence-electron chi connectivity index (χ4n) is 3.37. The molecule has 1 aliphatic rings. The Hall–Kier alpha value is -2.19. The number of carbonyl (C=O) groups is 1. The number of fused-ring (bicyclic) bond motifs is 1. The Morgan fingerprint density at radius 3 is 2.68 bits per heavy atom. The molecule has 8 heteroatoms. The Bertz CT molecular complexity index is 1010. The fourth-order valence-corrected chi connectivity index (χ4v) is 4.25. The number of primary sulfonamides is 1. The third-order valence-electron chi connectivity index (χ3n) is 5.17. The van der Waals surface area contributed by atoms with E-state index in [2.05, 4.69) is 18.8 Å². The normalized spacial score (nSPS) is 14.4.